The van der Waals surface area contributed by atoms with Crippen molar-refractivity contribution < 1.29 is 76.3 Å². The van der Waals surface area contributed by atoms with Gasteiger partial charge in [-0.05, 0) is 103 Å². The molecule has 0 N–H and O–H groups in total. The first kappa shape index (κ1) is 113. The van der Waals surface area contributed by atoms with Gasteiger partial charge in [0.05, 0.1) is 52.9 Å². The van der Waals surface area contributed by atoms with E-state index in [9.17, 15) is 38.4 Å². The third-order valence-electron chi connectivity index (χ3n) is 19.9. The number of hydrogen-bond donors (Lipinski definition) is 0. The highest BCUT2D eigenvalue weighted by Gasteiger charge is 2.11. The van der Waals surface area contributed by atoms with Crippen LogP contribution in [0.25, 0.3) is 0 Å². The molecule has 0 saturated carbocycles. The van der Waals surface area contributed by atoms with Gasteiger partial charge in [-0.15, -0.1) is 0 Å². The molecule has 0 spiro atoms. The normalized spacial score (nSPS) is 10.8. The molecule has 0 amide bonds. The summed E-state index contributed by atoms with van der Waals surface area (Å²) in [5.74, 6) is -0.766. The standard InChI is InChI=1S/C26H50O4.C25H48O4.2C22H42O4/c1-3-5-7-9-15-19-23-29-25(27)21-17-13-11-12-14-18-22-26(28)30-24-20-16-10-8-6-4-2;1-3-5-7-9-14-18-22-28-24(26)20-16-12-11-13-17-21-25(27)29-23-19-15-10-8-6-4-2;2*1-3-5-7-9-11-15-19-25-21(23)17-13-14-18-22(24)26-20-16-12-10-8-6-4-2/h3-24H2,1-2H3;3-23H2,1-2H3;2*3-20H2,1-2H3. The molecule has 0 unspecified atom stereocenters. The maximum absolute atomic E-state index is 11.7. The molecule has 0 fully saturated rings. The summed E-state index contributed by atoms with van der Waals surface area (Å²) in [6, 6.07) is 0. The van der Waals surface area contributed by atoms with E-state index < -0.39 is 0 Å². The van der Waals surface area contributed by atoms with Gasteiger partial charge < -0.3 is 37.9 Å². The van der Waals surface area contributed by atoms with Crippen molar-refractivity contribution in [2.45, 2.75) is 511 Å². The Morgan fingerprint density at radius 1 is 0.117 bits per heavy atom. The van der Waals surface area contributed by atoms with Gasteiger partial charge in [0.1, 0.15) is 0 Å². The molecule has 111 heavy (non-hydrogen) atoms. The van der Waals surface area contributed by atoms with Crippen LogP contribution in [0.2, 0.25) is 0 Å². The van der Waals surface area contributed by atoms with Crippen LogP contribution in [0.15, 0.2) is 0 Å². The fourth-order valence-corrected chi connectivity index (χ4v) is 12.5. The lowest BCUT2D eigenvalue weighted by Gasteiger charge is -2.06. The third-order valence-corrected chi connectivity index (χ3v) is 19.9. The molecule has 0 aliphatic rings. The SMILES string of the molecule is CCCCCCCCOC(=O)CCCCC(=O)OCCCCCCCC.CCCCCCCCOC(=O)CCCCC(=O)OCCCCCCCC.CCCCCCCCOC(=O)CCCCCCCC(=O)OCCCCCCCC.CCCCCCCCOC(=O)CCCCCCCCC(=O)OCCCCCCCC. The Hall–Kier alpha value is -4.24. The van der Waals surface area contributed by atoms with Crippen LogP contribution in [-0.2, 0) is 76.3 Å². The van der Waals surface area contributed by atoms with Crippen molar-refractivity contribution in [1.29, 1.82) is 0 Å². The summed E-state index contributed by atoms with van der Waals surface area (Å²) < 4.78 is 42.0. The summed E-state index contributed by atoms with van der Waals surface area (Å²) >= 11 is 0. The molecule has 0 aromatic rings. The van der Waals surface area contributed by atoms with Crippen molar-refractivity contribution in [3.63, 3.8) is 0 Å². The lowest BCUT2D eigenvalue weighted by Crippen LogP contribution is -2.08. The molecular formula is C95H182O16. The number of ether oxygens (including phenoxy) is 8. The smallest absolute Gasteiger partial charge is 0.305 e. The van der Waals surface area contributed by atoms with Gasteiger partial charge >= 0.3 is 47.8 Å². The van der Waals surface area contributed by atoms with Crippen LogP contribution >= 0.6 is 0 Å². The highest BCUT2D eigenvalue weighted by Crippen LogP contribution is 2.17. The van der Waals surface area contributed by atoms with Gasteiger partial charge in [0.25, 0.3) is 0 Å². The van der Waals surface area contributed by atoms with Crippen molar-refractivity contribution in [3.05, 3.63) is 0 Å². The van der Waals surface area contributed by atoms with Gasteiger partial charge in [0, 0.05) is 51.4 Å². The van der Waals surface area contributed by atoms with Gasteiger partial charge in [-0.1, -0.05) is 357 Å². The number of carbonyl (C=O) groups is 8. The van der Waals surface area contributed by atoms with Gasteiger partial charge in [-0.3, -0.25) is 38.4 Å². The highest BCUT2D eigenvalue weighted by molar-refractivity contribution is 5.72. The first-order chi connectivity index (χ1) is 54.3. The zero-order valence-corrected chi connectivity index (χ0v) is 74.4. The largest absolute Gasteiger partial charge is 0.466 e. The quantitative estimate of drug-likeness (QED) is 0.0315. The zero-order valence-electron chi connectivity index (χ0n) is 74.4. The molecular weight excluding hydrogens is 1400 g/mol. The summed E-state index contributed by atoms with van der Waals surface area (Å²) in [7, 11) is 0. The summed E-state index contributed by atoms with van der Waals surface area (Å²) in [6.07, 6.45) is 75.3. The zero-order chi connectivity index (χ0) is 82.1. The van der Waals surface area contributed by atoms with Gasteiger partial charge in [-0.25, -0.2) is 0 Å². The average molecular weight is 1580 g/mol. The highest BCUT2D eigenvalue weighted by atomic mass is 16.6. The lowest BCUT2D eigenvalue weighted by atomic mass is 10.1. The summed E-state index contributed by atoms with van der Waals surface area (Å²) in [6.45, 7) is 22.1. The molecule has 0 heterocycles. The maximum Gasteiger partial charge on any atom is 0.305 e. The van der Waals surface area contributed by atoms with E-state index in [2.05, 4.69) is 55.4 Å². The van der Waals surface area contributed by atoms with Crippen LogP contribution in [0.5, 0.6) is 0 Å². The van der Waals surface area contributed by atoms with Crippen LogP contribution < -0.4 is 0 Å². The molecule has 0 rings (SSSR count). The number of hydrogen-bond acceptors (Lipinski definition) is 16. The fourth-order valence-electron chi connectivity index (χ4n) is 12.5. The molecule has 16 nitrogen and oxygen atoms in total. The Bertz CT molecular complexity index is 1750. The van der Waals surface area contributed by atoms with Gasteiger partial charge in [0.15, 0.2) is 0 Å². The van der Waals surface area contributed by atoms with Gasteiger partial charge in [0.2, 0.25) is 0 Å². The van der Waals surface area contributed by atoms with Crippen LogP contribution in [0.4, 0.5) is 0 Å². The minimum Gasteiger partial charge on any atom is -0.466 e. The Labute approximate surface area is 684 Å². The molecule has 0 radical (unpaired) electrons. The lowest BCUT2D eigenvalue weighted by molar-refractivity contribution is -0.146. The second kappa shape index (κ2) is 102. The van der Waals surface area contributed by atoms with E-state index >= 15 is 0 Å². The van der Waals surface area contributed by atoms with E-state index in [1.807, 2.05) is 0 Å². The molecule has 0 saturated heterocycles. The topological polar surface area (TPSA) is 210 Å². The van der Waals surface area contributed by atoms with E-state index in [0.29, 0.717) is 130 Å². The van der Waals surface area contributed by atoms with Crippen LogP contribution in [0, 0.1) is 0 Å². The Balaban J connectivity index is -0.000000689. The predicted molar refractivity (Wildman–Crippen MR) is 461 cm³/mol. The Morgan fingerprint density at radius 3 is 0.306 bits per heavy atom. The van der Waals surface area contributed by atoms with Crippen molar-refractivity contribution in [3.8, 4) is 0 Å². The van der Waals surface area contributed by atoms with Crippen LogP contribution in [-0.4, -0.2) is 101 Å². The first-order valence-electron chi connectivity index (χ1n) is 47.6. The second-order valence-electron chi connectivity index (χ2n) is 31.2. The molecule has 0 bridgehead atoms. The molecule has 0 aliphatic heterocycles. The average Bonchev–Trinajstić information content (AvgIpc) is 1.28. The minimum absolute atomic E-state index is 0.0448. The summed E-state index contributed by atoms with van der Waals surface area (Å²) in [5, 5.41) is 0. The Morgan fingerprint density at radius 2 is 0.198 bits per heavy atom. The van der Waals surface area contributed by atoms with E-state index in [-0.39, 0.29) is 47.8 Å². The van der Waals surface area contributed by atoms with E-state index in [4.69, 9.17) is 37.9 Å². The number of unbranched alkanes of at least 4 members (excludes halogenated alkanes) is 51. The molecule has 0 aliphatic carbocycles. The summed E-state index contributed by atoms with van der Waals surface area (Å²) in [5.41, 5.74) is 0. The monoisotopic (exact) mass is 1580 g/mol. The molecule has 658 valence electrons. The van der Waals surface area contributed by atoms with Crippen molar-refractivity contribution >= 4 is 47.8 Å². The van der Waals surface area contributed by atoms with E-state index in [0.717, 1.165) is 161 Å². The molecule has 16 heteroatoms. The van der Waals surface area contributed by atoms with Crippen LogP contribution in [0.1, 0.15) is 511 Å². The minimum atomic E-state index is -0.140. The molecule has 0 atom stereocenters. The van der Waals surface area contributed by atoms with Crippen molar-refractivity contribution in [1.82, 2.24) is 0 Å². The second-order valence-corrected chi connectivity index (χ2v) is 31.2. The third kappa shape index (κ3) is 108. The first-order valence-corrected chi connectivity index (χ1v) is 47.6. The van der Waals surface area contributed by atoms with E-state index in [1.165, 1.54) is 218 Å². The van der Waals surface area contributed by atoms with E-state index in [1.54, 1.807) is 0 Å². The Kier molecular flexibility index (Phi) is 104. The van der Waals surface area contributed by atoms with Gasteiger partial charge in [-0.2, -0.15) is 0 Å². The van der Waals surface area contributed by atoms with Crippen molar-refractivity contribution in [2.75, 3.05) is 52.9 Å². The molecule has 0 aromatic heterocycles. The number of rotatable bonds is 83. The fraction of sp³-hybridized carbons (Fsp3) is 0.916. The van der Waals surface area contributed by atoms with Crippen molar-refractivity contribution in [2.24, 2.45) is 0 Å². The van der Waals surface area contributed by atoms with Crippen LogP contribution in [0.3, 0.4) is 0 Å². The summed E-state index contributed by atoms with van der Waals surface area (Å²) in [4.78, 5) is 93.1. The predicted octanol–water partition coefficient (Wildman–Crippen LogP) is 28.1. The number of esters is 8. The molecule has 0 aromatic carbocycles. The number of carbonyl (C=O) groups excluding carboxylic acids is 8. The maximum atomic E-state index is 11.7.